The van der Waals surface area contributed by atoms with Crippen molar-refractivity contribution in [2.45, 2.75) is 32.4 Å². The summed E-state index contributed by atoms with van der Waals surface area (Å²) in [5.41, 5.74) is 0.273. The van der Waals surface area contributed by atoms with Crippen molar-refractivity contribution in [3.05, 3.63) is 35.0 Å². The van der Waals surface area contributed by atoms with Gasteiger partial charge < -0.3 is 9.72 Å². The second kappa shape index (κ2) is 6.31. The number of hydrogen-bond acceptors (Lipinski definition) is 4. The van der Waals surface area contributed by atoms with Crippen molar-refractivity contribution < 1.29 is 4.79 Å². The van der Waals surface area contributed by atoms with Gasteiger partial charge in [-0.3, -0.25) is 14.5 Å². The van der Waals surface area contributed by atoms with E-state index in [9.17, 15) is 9.59 Å². The molecule has 0 bridgehead atoms. The molecule has 22 heavy (non-hydrogen) atoms. The number of amides is 1. The van der Waals surface area contributed by atoms with Gasteiger partial charge in [-0.2, -0.15) is 5.10 Å². The van der Waals surface area contributed by atoms with E-state index in [1.54, 1.807) is 29.1 Å². The van der Waals surface area contributed by atoms with Gasteiger partial charge in [-0.1, -0.05) is 6.92 Å². The normalized spacial score (nSPS) is 18.9. The van der Waals surface area contributed by atoms with Crippen molar-refractivity contribution in [1.82, 2.24) is 24.4 Å². The molecule has 0 aromatic carbocycles. The van der Waals surface area contributed by atoms with Crippen molar-refractivity contribution >= 4 is 11.4 Å². The Balaban J connectivity index is 1.61. The molecule has 3 rings (SSSR count). The van der Waals surface area contributed by atoms with Crippen LogP contribution in [-0.2, 0) is 11.3 Å². The Morgan fingerprint density at radius 1 is 1.50 bits per heavy atom. The molecule has 1 saturated heterocycles. The second-order valence-corrected chi connectivity index (χ2v) is 5.62. The Morgan fingerprint density at radius 3 is 3.18 bits per heavy atom. The van der Waals surface area contributed by atoms with Crippen LogP contribution in [0.1, 0.15) is 19.8 Å². The van der Waals surface area contributed by atoms with E-state index in [1.807, 2.05) is 0 Å². The second-order valence-electron chi connectivity index (χ2n) is 5.62. The van der Waals surface area contributed by atoms with Gasteiger partial charge in [0, 0.05) is 18.8 Å². The highest BCUT2D eigenvalue weighted by Crippen LogP contribution is 2.15. The summed E-state index contributed by atoms with van der Waals surface area (Å²) in [5.74, 6) is -0.173. The summed E-state index contributed by atoms with van der Waals surface area (Å²) in [4.78, 5) is 26.6. The van der Waals surface area contributed by atoms with Gasteiger partial charge in [0.05, 0.1) is 0 Å². The number of likely N-dealkylation sites (N-methyl/N-ethyl adjacent to an activating group) is 1. The van der Waals surface area contributed by atoms with Crippen molar-refractivity contribution in [2.24, 2.45) is 0 Å². The maximum Gasteiger partial charge on any atom is 0.291 e. The summed E-state index contributed by atoms with van der Waals surface area (Å²) in [6.45, 7) is 4.83. The van der Waals surface area contributed by atoms with Gasteiger partial charge in [0.15, 0.2) is 0 Å². The molecule has 2 aromatic heterocycles. The molecular weight excluding hydrogens is 282 g/mol. The van der Waals surface area contributed by atoms with Gasteiger partial charge in [0.25, 0.3) is 5.56 Å². The molecule has 1 aliphatic heterocycles. The van der Waals surface area contributed by atoms with Crippen LogP contribution in [0.3, 0.4) is 0 Å². The molecule has 0 radical (unpaired) electrons. The van der Waals surface area contributed by atoms with Gasteiger partial charge in [-0.25, -0.2) is 4.68 Å². The van der Waals surface area contributed by atoms with Crippen LogP contribution in [0.5, 0.6) is 0 Å². The smallest absolute Gasteiger partial charge is 0.291 e. The Kier molecular flexibility index (Phi) is 4.24. The zero-order valence-corrected chi connectivity index (χ0v) is 12.7. The number of fused-ring (bicyclic) bond motifs is 1. The van der Waals surface area contributed by atoms with E-state index in [2.05, 4.69) is 22.2 Å². The van der Waals surface area contributed by atoms with E-state index in [4.69, 9.17) is 0 Å². The first-order valence-electron chi connectivity index (χ1n) is 7.72. The highest BCUT2D eigenvalue weighted by Gasteiger charge is 2.23. The van der Waals surface area contributed by atoms with Crippen LogP contribution in [0, 0.1) is 0 Å². The molecule has 1 N–H and O–H groups in total. The van der Waals surface area contributed by atoms with Crippen LogP contribution in [0.15, 0.2) is 29.5 Å². The van der Waals surface area contributed by atoms with E-state index in [0.717, 1.165) is 19.5 Å². The number of carbonyl (C=O) groups is 1. The molecule has 1 atom stereocenters. The first-order chi connectivity index (χ1) is 10.7. The van der Waals surface area contributed by atoms with Gasteiger partial charge in [-0.05, 0) is 38.1 Å². The summed E-state index contributed by atoms with van der Waals surface area (Å²) < 4.78 is 2.85. The Morgan fingerprint density at radius 2 is 2.36 bits per heavy atom. The quantitative estimate of drug-likeness (QED) is 0.850. The molecular formula is C15H21N5O2. The van der Waals surface area contributed by atoms with Crippen LogP contribution in [-0.4, -0.2) is 50.7 Å². The van der Waals surface area contributed by atoms with Crippen molar-refractivity contribution in [3.8, 4) is 0 Å². The largest absolute Gasteiger partial charge is 0.353 e. The van der Waals surface area contributed by atoms with Crippen LogP contribution in [0.25, 0.3) is 5.52 Å². The van der Waals surface area contributed by atoms with Crippen LogP contribution in [0.2, 0.25) is 0 Å². The fourth-order valence-electron chi connectivity index (χ4n) is 3.06. The number of rotatable bonds is 5. The summed E-state index contributed by atoms with van der Waals surface area (Å²) in [7, 11) is 0. The number of likely N-dealkylation sites (tertiary alicyclic amines) is 1. The van der Waals surface area contributed by atoms with Gasteiger partial charge in [0.2, 0.25) is 5.91 Å². The Labute approximate surface area is 128 Å². The predicted molar refractivity (Wildman–Crippen MR) is 82.7 cm³/mol. The number of hydrogen-bond donors (Lipinski definition) is 1. The van der Waals surface area contributed by atoms with Crippen LogP contribution in [0.4, 0.5) is 0 Å². The number of nitrogens with one attached hydrogen (secondary N) is 1. The lowest BCUT2D eigenvalue weighted by Gasteiger charge is -2.22. The molecule has 7 heteroatoms. The lowest BCUT2D eigenvalue weighted by atomic mass is 10.2. The minimum Gasteiger partial charge on any atom is -0.353 e. The molecule has 118 valence electrons. The minimum absolute atomic E-state index is 0.0423. The summed E-state index contributed by atoms with van der Waals surface area (Å²) >= 11 is 0. The van der Waals surface area contributed by atoms with Gasteiger partial charge in [0.1, 0.15) is 18.4 Å². The zero-order chi connectivity index (χ0) is 15.5. The topological polar surface area (TPSA) is 71.6 Å². The minimum atomic E-state index is -0.251. The first-order valence-corrected chi connectivity index (χ1v) is 7.72. The molecule has 1 amide bonds. The molecule has 7 nitrogen and oxygen atoms in total. The fraction of sp³-hybridized carbons (Fsp3) is 0.533. The predicted octanol–water partition coefficient (Wildman–Crippen LogP) is 0.0965. The first kappa shape index (κ1) is 14.8. The SMILES string of the molecule is CCN1CCCC1CNC(=O)Cn1ncn2cccc2c1=O. The third kappa shape index (κ3) is 2.89. The van der Waals surface area contributed by atoms with E-state index in [1.165, 1.54) is 11.1 Å². The number of aromatic nitrogens is 3. The molecule has 2 aromatic rings. The maximum absolute atomic E-state index is 12.2. The van der Waals surface area contributed by atoms with E-state index >= 15 is 0 Å². The molecule has 1 aliphatic rings. The third-order valence-electron chi connectivity index (χ3n) is 4.28. The number of nitrogens with zero attached hydrogens (tertiary/aromatic N) is 4. The van der Waals surface area contributed by atoms with Crippen molar-refractivity contribution in [3.63, 3.8) is 0 Å². The monoisotopic (exact) mass is 303 g/mol. The van der Waals surface area contributed by atoms with E-state index in [0.29, 0.717) is 18.1 Å². The lowest BCUT2D eigenvalue weighted by Crippen LogP contribution is -2.42. The average molecular weight is 303 g/mol. The summed E-state index contributed by atoms with van der Waals surface area (Å²) in [6, 6.07) is 3.91. The summed E-state index contributed by atoms with van der Waals surface area (Å²) in [6.07, 6.45) is 5.59. The molecule has 1 fully saturated rings. The highest BCUT2D eigenvalue weighted by atomic mass is 16.2. The third-order valence-corrected chi connectivity index (χ3v) is 4.28. The lowest BCUT2D eigenvalue weighted by molar-refractivity contribution is -0.122. The van der Waals surface area contributed by atoms with Crippen LogP contribution >= 0.6 is 0 Å². The van der Waals surface area contributed by atoms with Gasteiger partial charge >= 0.3 is 0 Å². The molecule has 3 heterocycles. The average Bonchev–Trinajstić information content (AvgIpc) is 3.16. The molecule has 0 spiro atoms. The van der Waals surface area contributed by atoms with E-state index in [-0.39, 0.29) is 18.0 Å². The molecule has 1 unspecified atom stereocenters. The number of carbonyl (C=O) groups excluding carboxylic acids is 1. The molecule has 0 saturated carbocycles. The Hall–Kier alpha value is -2.15. The zero-order valence-electron chi connectivity index (χ0n) is 12.7. The fourth-order valence-corrected chi connectivity index (χ4v) is 3.06. The highest BCUT2D eigenvalue weighted by molar-refractivity contribution is 5.75. The van der Waals surface area contributed by atoms with Crippen molar-refractivity contribution in [2.75, 3.05) is 19.6 Å². The van der Waals surface area contributed by atoms with Gasteiger partial charge in [-0.15, -0.1) is 0 Å². The molecule has 0 aliphatic carbocycles. The Bertz CT molecular complexity index is 720. The standard InChI is InChI=1S/C15H21N5O2/c1-2-18-7-3-5-12(18)9-16-14(21)10-20-15(22)13-6-4-8-19(13)11-17-20/h4,6,8,11-12H,2-3,5,7,9-10H2,1H3,(H,16,21). The van der Waals surface area contributed by atoms with E-state index < -0.39 is 0 Å². The maximum atomic E-state index is 12.2. The van der Waals surface area contributed by atoms with Crippen molar-refractivity contribution in [1.29, 1.82) is 0 Å². The summed E-state index contributed by atoms with van der Waals surface area (Å²) in [5, 5.41) is 6.94. The van der Waals surface area contributed by atoms with Crippen LogP contribution < -0.4 is 10.9 Å².